The van der Waals surface area contributed by atoms with Crippen molar-refractivity contribution in [3.8, 4) is 5.69 Å². The van der Waals surface area contributed by atoms with Crippen LogP contribution in [0.25, 0.3) is 70.5 Å². The van der Waals surface area contributed by atoms with Crippen molar-refractivity contribution in [1.29, 1.82) is 0 Å². The van der Waals surface area contributed by atoms with E-state index in [1.165, 1.54) is 92.8 Å². The van der Waals surface area contributed by atoms with Gasteiger partial charge in [-0.1, -0.05) is 145 Å². The predicted octanol–water partition coefficient (Wildman–Crippen LogP) is 16.1. The van der Waals surface area contributed by atoms with Crippen molar-refractivity contribution >= 4 is 81.8 Å². The normalized spacial score (nSPS) is 12.5. The van der Waals surface area contributed by atoms with E-state index in [9.17, 15) is 0 Å². The summed E-state index contributed by atoms with van der Waals surface area (Å²) >= 11 is 0. The minimum absolute atomic E-state index is 0.0127. The van der Waals surface area contributed by atoms with Crippen LogP contribution in [-0.2, 0) is 10.8 Å². The van der Waals surface area contributed by atoms with Crippen LogP contribution < -0.4 is 4.90 Å². The van der Waals surface area contributed by atoms with Crippen molar-refractivity contribution in [2.45, 2.75) is 66.2 Å². The summed E-state index contributed by atoms with van der Waals surface area (Å²) in [6.45, 7) is 18.7. The van der Waals surface area contributed by atoms with Gasteiger partial charge in [-0.3, -0.25) is 0 Å². The van der Waals surface area contributed by atoms with Crippen LogP contribution in [0, 0.1) is 13.8 Å². The molecule has 58 heavy (non-hydrogen) atoms. The molecule has 10 aromatic rings. The number of nitrogens with zero attached hydrogens (tertiary/aromatic N) is 2. The largest absolute Gasteiger partial charge is 0.314 e. The average Bonchev–Trinajstić information content (AvgIpc) is 3.47. The van der Waals surface area contributed by atoms with Gasteiger partial charge in [0.2, 0.25) is 0 Å². The summed E-state index contributed by atoms with van der Waals surface area (Å²) < 4.78 is 2.50. The zero-order valence-corrected chi connectivity index (χ0v) is 34.9. The van der Waals surface area contributed by atoms with Crippen molar-refractivity contribution in [1.82, 2.24) is 4.57 Å². The van der Waals surface area contributed by atoms with E-state index in [1.54, 1.807) is 0 Å². The highest BCUT2D eigenvalue weighted by Crippen LogP contribution is 2.46. The summed E-state index contributed by atoms with van der Waals surface area (Å²) in [6, 6.07) is 58.7. The van der Waals surface area contributed by atoms with Gasteiger partial charge in [0.15, 0.2) is 0 Å². The molecule has 284 valence electrons. The third-order valence-electron chi connectivity index (χ3n) is 12.5. The summed E-state index contributed by atoms with van der Waals surface area (Å²) in [7, 11) is 0. The first-order chi connectivity index (χ1) is 27.9. The van der Waals surface area contributed by atoms with Crippen LogP contribution in [0.5, 0.6) is 0 Å². The number of anilines is 3. The molecule has 0 bridgehead atoms. The number of benzene rings is 9. The van der Waals surface area contributed by atoms with Crippen molar-refractivity contribution < 1.29 is 0 Å². The van der Waals surface area contributed by atoms with E-state index < -0.39 is 0 Å². The second-order valence-corrected chi connectivity index (χ2v) is 18.3. The van der Waals surface area contributed by atoms with E-state index in [0.29, 0.717) is 0 Å². The zero-order valence-electron chi connectivity index (χ0n) is 34.9. The molecule has 0 radical (unpaired) electrons. The Morgan fingerprint density at radius 1 is 0.397 bits per heavy atom. The monoisotopic (exact) mass is 750 g/mol. The van der Waals surface area contributed by atoms with Crippen molar-refractivity contribution in [2.75, 3.05) is 4.90 Å². The van der Waals surface area contributed by atoms with Gasteiger partial charge in [-0.15, -0.1) is 0 Å². The molecule has 0 unspecified atom stereocenters. The van der Waals surface area contributed by atoms with Gasteiger partial charge in [-0.25, -0.2) is 0 Å². The Bertz CT molecular complexity index is 3260. The van der Waals surface area contributed by atoms with Crippen molar-refractivity contribution in [3.63, 3.8) is 0 Å². The molecule has 0 spiro atoms. The van der Waals surface area contributed by atoms with Crippen LogP contribution in [0.15, 0.2) is 158 Å². The lowest BCUT2D eigenvalue weighted by atomic mass is 9.74. The molecule has 0 N–H and O–H groups in total. The maximum absolute atomic E-state index is 2.50. The van der Waals surface area contributed by atoms with Crippen LogP contribution in [-0.4, -0.2) is 4.57 Å². The highest BCUT2D eigenvalue weighted by atomic mass is 15.1. The first-order valence-electron chi connectivity index (χ1n) is 20.7. The van der Waals surface area contributed by atoms with E-state index in [0.717, 1.165) is 17.1 Å². The van der Waals surface area contributed by atoms with Crippen molar-refractivity contribution in [3.05, 3.63) is 180 Å². The number of para-hydroxylation sites is 1. The van der Waals surface area contributed by atoms with Gasteiger partial charge in [-0.05, 0) is 150 Å². The van der Waals surface area contributed by atoms with Gasteiger partial charge in [0.25, 0.3) is 0 Å². The zero-order chi connectivity index (χ0) is 40.1. The molecule has 0 amide bonds. The van der Waals surface area contributed by atoms with E-state index in [2.05, 4.69) is 223 Å². The smallest absolute Gasteiger partial charge is 0.0540 e. The Morgan fingerprint density at radius 2 is 0.931 bits per heavy atom. The molecule has 2 nitrogen and oxygen atoms in total. The lowest BCUT2D eigenvalue weighted by molar-refractivity contribution is 0.593. The minimum Gasteiger partial charge on any atom is -0.314 e. The first-order valence-corrected chi connectivity index (χ1v) is 20.7. The van der Waals surface area contributed by atoms with Gasteiger partial charge in [0.1, 0.15) is 0 Å². The van der Waals surface area contributed by atoms with Gasteiger partial charge in [-0.2, -0.15) is 0 Å². The van der Waals surface area contributed by atoms with Crippen LogP contribution in [0.1, 0.15) is 63.9 Å². The van der Waals surface area contributed by atoms with E-state index >= 15 is 0 Å². The summed E-state index contributed by atoms with van der Waals surface area (Å²) in [5, 5.41) is 14.3. The molecule has 0 atom stereocenters. The summed E-state index contributed by atoms with van der Waals surface area (Å²) in [6.07, 6.45) is 0. The van der Waals surface area contributed by atoms with Crippen LogP contribution in [0.4, 0.5) is 17.1 Å². The SMILES string of the molecule is Cc1c(C)n(-c2ccc3c(C(C)(C)C)c4ccccc4c(C(C)(C)C)c3c2)c2ccc3c4ccc(N(c5ccccc5)c5ccc6ccccc6c5)cc4ccc3c12. The van der Waals surface area contributed by atoms with Crippen LogP contribution in [0.2, 0.25) is 0 Å². The maximum atomic E-state index is 2.50. The number of hydrogen-bond acceptors (Lipinski definition) is 1. The first kappa shape index (κ1) is 36.0. The number of fused-ring (bicyclic) bond motifs is 8. The Hall–Kier alpha value is -6.38. The molecule has 0 fully saturated rings. The number of aromatic nitrogens is 1. The van der Waals surface area contributed by atoms with Crippen LogP contribution >= 0.6 is 0 Å². The van der Waals surface area contributed by atoms with E-state index in [-0.39, 0.29) is 10.8 Å². The Morgan fingerprint density at radius 3 is 1.64 bits per heavy atom. The van der Waals surface area contributed by atoms with Crippen molar-refractivity contribution in [2.24, 2.45) is 0 Å². The predicted molar refractivity (Wildman–Crippen MR) is 252 cm³/mol. The molecule has 9 aromatic carbocycles. The maximum Gasteiger partial charge on any atom is 0.0540 e. The van der Waals surface area contributed by atoms with Crippen LogP contribution in [0.3, 0.4) is 0 Å². The highest BCUT2D eigenvalue weighted by Gasteiger charge is 2.28. The summed E-state index contributed by atoms with van der Waals surface area (Å²) in [5.74, 6) is 0. The molecule has 1 heterocycles. The molecule has 0 aliphatic carbocycles. The lowest BCUT2D eigenvalue weighted by Crippen LogP contribution is -2.17. The van der Waals surface area contributed by atoms with E-state index in [4.69, 9.17) is 0 Å². The van der Waals surface area contributed by atoms with Gasteiger partial charge in [0.05, 0.1) is 5.52 Å². The fourth-order valence-electron chi connectivity index (χ4n) is 9.97. The average molecular weight is 751 g/mol. The fraction of sp³-hybridized carbons (Fsp3) is 0.179. The number of rotatable bonds is 4. The summed E-state index contributed by atoms with van der Waals surface area (Å²) in [5.41, 5.74) is 11.3. The van der Waals surface area contributed by atoms with Gasteiger partial charge < -0.3 is 9.47 Å². The minimum atomic E-state index is -0.0403. The Balaban J connectivity index is 1.15. The second kappa shape index (κ2) is 13.1. The Labute approximate surface area is 342 Å². The van der Waals surface area contributed by atoms with Gasteiger partial charge in [0, 0.05) is 33.8 Å². The second-order valence-electron chi connectivity index (χ2n) is 18.3. The quantitative estimate of drug-likeness (QED) is 0.128. The lowest BCUT2D eigenvalue weighted by Gasteiger charge is -2.30. The molecule has 0 aliphatic heterocycles. The molecule has 1 aromatic heterocycles. The molecule has 0 saturated carbocycles. The molecule has 10 rings (SSSR count). The summed E-state index contributed by atoms with van der Waals surface area (Å²) in [4.78, 5) is 2.37. The number of aryl methyl sites for hydroxylation is 1. The molecule has 0 saturated heterocycles. The fourth-order valence-corrected chi connectivity index (χ4v) is 9.97. The third kappa shape index (κ3) is 5.61. The standard InChI is InChI=1S/C56H50N2/c1-35-36(2)57(43-26-29-49-50(34-43)54(56(6,7)8)48-21-15-14-20-47(48)53(49)55(3,4)5)51-31-30-45-44-28-25-42(33-39(44)23-27-46(45)52(35)51)58(40-18-10-9-11-19-40)41-24-22-37-16-12-13-17-38(37)32-41/h9-34H,1-8H3. The van der Waals surface area contributed by atoms with E-state index in [1.807, 2.05) is 0 Å². The number of hydrogen-bond donors (Lipinski definition) is 0. The third-order valence-corrected chi connectivity index (χ3v) is 12.5. The molecular formula is C56H50N2. The Kier molecular flexibility index (Phi) is 8.12. The molecule has 0 aliphatic rings. The topological polar surface area (TPSA) is 8.17 Å². The molecule has 2 heteroatoms. The molecular weight excluding hydrogens is 701 g/mol. The highest BCUT2D eigenvalue weighted by molar-refractivity contribution is 6.19. The van der Waals surface area contributed by atoms with Gasteiger partial charge >= 0.3 is 0 Å².